The highest BCUT2D eigenvalue weighted by molar-refractivity contribution is 6.25. The fraction of sp³-hybridized carbons (Fsp3) is 0.500. The maximum absolute atomic E-state index is 8.39. The Balaban J connectivity index is 3.12. The van der Waals surface area contributed by atoms with Crippen LogP contribution in [0.2, 0.25) is 0 Å². The summed E-state index contributed by atoms with van der Waals surface area (Å²) in [4.78, 5) is 0. The van der Waals surface area contributed by atoms with Gasteiger partial charge in [-0.05, 0) is 18.9 Å². The number of allylic oxidation sites excluding steroid dienone is 1. The van der Waals surface area contributed by atoms with Gasteiger partial charge in [-0.2, -0.15) is 0 Å². The highest BCUT2D eigenvalue weighted by Gasteiger charge is 1.79. The van der Waals surface area contributed by atoms with E-state index >= 15 is 0 Å². The molecule has 0 saturated heterocycles. The zero-order valence-electron chi connectivity index (χ0n) is 5.81. The van der Waals surface area contributed by atoms with Crippen molar-refractivity contribution in [2.24, 2.45) is 0 Å². The molecule has 0 aromatic rings. The molecule has 0 fully saturated rings. The van der Waals surface area contributed by atoms with Crippen molar-refractivity contribution < 1.29 is 5.11 Å². The van der Waals surface area contributed by atoms with Crippen molar-refractivity contribution >= 4 is 11.6 Å². The molecule has 0 aromatic heterocycles. The zero-order valence-corrected chi connectivity index (χ0v) is 6.56. The van der Waals surface area contributed by atoms with Crippen LogP contribution in [0.5, 0.6) is 0 Å². The molecule has 0 heterocycles. The molecular weight excluding hydrogens is 148 g/mol. The highest BCUT2D eigenvalue weighted by atomic mass is 35.5. The molecule has 10 heavy (non-hydrogen) atoms. The first kappa shape index (κ1) is 9.55. The van der Waals surface area contributed by atoms with Gasteiger partial charge in [0, 0.05) is 18.6 Å². The molecule has 0 aliphatic carbocycles. The van der Waals surface area contributed by atoms with Gasteiger partial charge in [0.05, 0.1) is 0 Å². The lowest BCUT2D eigenvalue weighted by Crippen LogP contribution is -1.80. The second-order valence-electron chi connectivity index (χ2n) is 1.79. The largest absolute Gasteiger partial charge is 0.396 e. The summed E-state index contributed by atoms with van der Waals surface area (Å²) in [5.74, 6) is 5.64. The Hall–Kier alpha value is -0.450. The van der Waals surface area contributed by atoms with Crippen LogP contribution in [-0.4, -0.2) is 11.7 Å². The van der Waals surface area contributed by atoms with Gasteiger partial charge in [0.1, 0.15) is 0 Å². The molecule has 0 spiro atoms. The minimum atomic E-state index is 0.257. The topological polar surface area (TPSA) is 20.2 Å². The molecule has 0 aliphatic rings. The van der Waals surface area contributed by atoms with Crippen molar-refractivity contribution in [1.29, 1.82) is 0 Å². The molecule has 0 radical (unpaired) electrons. The summed E-state index contributed by atoms with van der Waals surface area (Å²) in [5, 5.41) is 8.39. The van der Waals surface area contributed by atoms with Crippen LogP contribution in [0.25, 0.3) is 0 Å². The van der Waals surface area contributed by atoms with Crippen LogP contribution in [0.15, 0.2) is 11.6 Å². The van der Waals surface area contributed by atoms with E-state index in [2.05, 4.69) is 11.8 Å². The Labute approximate surface area is 66.7 Å². The summed E-state index contributed by atoms with van der Waals surface area (Å²) in [6.07, 6.45) is 4.22. The number of halogens is 1. The summed E-state index contributed by atoms with van der Waals surface area (Å²) in [7, 11) is 0. The molecule has 1 N–H and O–H groups in total. The lowest BCUT2D eigenvalue weighted by atomic mass is 10.2. The van der Waals surface area contributed by atoms with Crippen LogP contribution >= 0.6 is 11.6 Å². The predicted molar refractivity (Wildman–Crippen MR) is 43.7 cm³/mol. The Bertz CT molecular complexity index is 141. The predicted octanol–water partition coefficient (Wildman–Crippen LogP) is 1.90. The van der Waals surface area contributed by atoms with Gasteiger partial charge in [0.15, 0.2) is 0 Å². The highest BCUT2D eigenvalue weighted by Crippen LogP contribution is 1.91. The van der Waals surface area contributed by atoms with Crippen LogP contribution in [0.4, 0.5) is 0 Å². The van der Waals surface area contributed by atoms with E-state index in [-0.39, 0.29) is 6.61 Å². The summed E-state index contributed by atoms with van der Waals surface area (Å²) >= 11 is 5.22. The Kier molecular flexibility index (Phi) is 8.17. The lowest BCUT2D eigenvalue weighted by Gasteiger charge is -1.86. The van der Waals surface area contributed by atoms with Gasteiger partial charge >= 0.3 is 0 Å². The molecule has 0 atom stereocenters. The Morgan fingerprint density at radius 1 is 1.40 bits per heavy atom. The first-order valence-electron chi connectivity index (χ1n) is 3.26. The van der Waals surface area contributed by atoms with Gasteiger partial charge in [-0.15, -0.1) is 0 Å². The third-order valence-electron chi connectivity index (χ3n) is 0.958. The Morgan fingerprint density at radius 2 is 2.20 bits per heavy atom. The zero-order chi connectivity index (χ0) is 7.66. The fourth-order valence-electron chi connectivity index (χ4n) is 0.488. The molecule has 1 nitrogen and oxygen atoms in total. The number of aliphatic hydroxyl groups excluding tert-OH is 1. The number of hydrogen-bond acceptors (Lipinski definition) is 1. The molecule has 2 heteroatoms. The second kappa shape index (κ2) is 8.55. The molecule has 0 amide bonds. The normalized spacial score (nSPS) is 9.40. The van der Waals surface area contributed by atoms with Gasteiger partial charge in [0.25, 0.3) is 0 Å². The van der Waals surface area contributed by atoms with Crippen LogP contribution in [0, 0.1) is 11.8 Å². The van der Waals surface area contributed by atoms with Gasteiger partial charge in [0.2, 0.25) is 0 Å². The van der Waals surface area contributed by atoms with Crippen LogP contribution < -0.4 is 0 Å². The molecular formula is C8H11ClO. The summed E-state index contributed by atoms with van der Waals surface area (Å²) in [6, 6.07) is 0. The minimum absolute atomic E-state index is 0.257. The van der Waals surface area contributed by atoms with Crippen molar-refractivity contribution in [3.8, 4) is 11.8 Å². The van der Waals surface area contributed by atoms with E-state index in [9.17, 15) is 0 Å². The van der Waals surface area contributed by atoms with E-state index in [1.807, 2.05) is 0 Å². The van der Waals surface area contributed by atoms with Crippen LogP contribution in [0.3, 0.4) is 0 Å². The van der Waals surface area contributed by atoms with E-state index in [4.69, 9.17) is 16.7 Å². The minimum Gasteiger partial charge on any atom is -0.396 e. The molecule has 0 rings (SSSR count). The van der Waals surface area contributed by atoms with Crippen molar-refractivity contribution in [3.05, 3.63) is 11.6 Å². The molecule has 0 saturated carbocycles. The van der Waals surface area contributed by atoms with Crippen molar-refractivity contribution in [2.45, 2.75) is 19.3 Å². The van der Waals surface area contributed by atoms with Gasteiger partial charge < -0.3 is 5.11 Å². The van der Waals surface area contributed by atoms with E-state index in [0.29, 0.717) is 0 Å². The van der Waals surface area contributed by atoms with Crippen LogP contribution in [-0.2, 0) is 0 Å². The molecule has 0 aliphatic heterocycles. The summed E-state index contributed by atoms with van der Waals surface area (Å²) < 4.78 is 0. The summed E-state index contributed by atoms with van der Waals surface area (Å²) in [6.45, 7) is 0.257. The molecule has 0 aromatic carbocycles. The summed E-state index contributed by atoms with van der Waals surface area (Å²) in [5.41, 5.74) is 1.39. The molecule has 0 unspecified atom stereocenters. The number of hydrogen-bond donors (Lipinski definition) is 1. The third kappa shape index (κ3) is 7.55. The molecule has 56 valence electrons. The van der Waals surface area contributed by atoms with E-state index < -0.39 is 0 Å². The smallest absolute Gasteiger partial charge is 0.0431 e. The second-order valence-corrected chi connectivity index (χ2v) is 2.05. The maximum Gasteiger partial charge on any atom is 0.0431 e. The van der Waals surface area contributed by atoms with Gasteiger partial charge in [-0.25, -0.2) is 0 Å². The average Bonchev–Trinajstić information content (AvgIpc) is 1.97. The van der Waals surface area contributed by atoms with Crippen molar-refractivity contribution in [1.82, 2.24) is 0 Å². The fourth-order valence-corrected chi connectivity index (χ4v) is 0.551. The van der Waals surface area contributed by atoms with Gasteiger partial charge in [-0.1, -0.05) is 23.4 Å². The number of rotatable bonds is 3. The standard InChI is InChI=1S/C8H11ClO/c9-7-5-3-1-2-4-6-8-10/h5,7,10H,2,4,6,8H2/b7-5-. The third-order valence-corrected chi connectivity index (χ3v) is 1.08. The van der Waals surface area contributed by atoms with Crippen molar-refractivity contribution in [2.75, 3.05) is 6.61 Å². The number of aliphatic hydroxyl groups is 1. The quantitative estimate of drug-likeness (QED) is 0.492. The van der Waals surface area contributed by atoms with E-state index in [1.54, 1.807) is 6.08 Å². The maximum atomic E-state index is 8.39. The van der Waals surface area contributed by atoms with Gasteiger partial charge in [-0.3, -0.25) is 0 Å². The Morgan fingerprint density at radius 3 is 2.80 bits per heavy atom. The lowest BCUT2D eigenvalue weighted by molar-refractivity contribution is 0.285. The van der Waals surface area contributed by atoms with Crippen molar-refractivity contribution in [3.63, 3.8) is 0 Å². The number of unbranched alkanes of at least 4 members (excludes halogenated alkanes) is 2. The van der Waals surface area contributed by atoms with E-state index in [0.717, 1.165) is 19.3 Å². The first-order valence-corrected chi connectivity index (χ1v) is 3.70. The monoisotopic (exact) mass is 158 g/mol. The molecule has 0 bridgehead atoms. The van der Waals surface area contributed by atoms with E-state index in [1.165, 1.54) is 5.54 Å². The van der Waals surface area contributed by atoms with Crippen LogP contribution in [0.1, 0.15) is 19.3 Å². The average molecular weight is 159 g/mol. The SMILES string of the molecule is OCCCCC#C/C=C\Cl. The first-order chi connectivity index (χ1) is 4.91.